The van der Waals surface area contributed by atoms with Crippen molar-refractivity contribution in [3.63, 3.8) is 0 Å². The van der Waals surface area contributed by atoms with Gasteiger partial charge >= 0.3 is 5.97 Å². The highest BCUT2D eigenvalue weighted by Gasteiger charge is 2.44. The molecule has 0 aliphatic carbocycles. The van der Waals surface area contributed by atoms with E-state index in [-0.39, 0.29) is 18.4 Å². The van der Waals surface area contributed by atoms with Crippen molar-refractivity contribution >= 4 is 11.9 Å². The van der Waals surface area contributed by atoms with Crippen LogP contribution in [0.25, 0.3) is 0 Å². The van der Waals surface area contributed by atoms with Crippen LogP contribution in [0.3, 0.4) is 0 Å². The quantitative estimate of drug-likeness (QED) is 0.859. The molecule has 132 valence electrons. The van der Waals surface area contributed by atoms with E-state index in [4.69, 9.17) is 9.47 Å². The lowest BCUT2D eigenvalue weighted by Crippen LogP contribution is -2.59. The second-order valence-electron chi connectivity index (χ2n) is 6.81. The third-order valence-electron chi connectivity index (χ3n) is 4.70. The van der Waals surface area contributed by atoms with Gasteiger partial charge in [0.25, 0.3) is 0 Å². The van der Waals surface area contributed by atoms with E-state index in [9.17, 15) is 9.59 Å². The fourth-order valence-corrected chi connectivity index (χ4v) is 3.59. The number of methoxy groups -OCH3 is 1. The van der Waals surface area contributed by atoms with Gasteiger partial charge in [-0.1, -0.05) is 17.7 Å². The first-order valence-corrected chi connectivity index (χ1v) is 8.35. The minimum absolute atomic E-state index is 0.0963. The Bertz CT molecular complexity index is 617. The molecule has 1 N–H and O–H groups in total. The first-order valence-electron chi connectivity index (χ1n) is 8.35. The smallest absolute Gasteiger partial charge is 0.331 e. The molecule has 1 aliphatic heterocycles. The summed E-state index contributed by atoms with van der Waals surface area (Å²) in [6.07, 6.45) is 1.02. The van der Waals surface area contributed by atoms with Crippen molar-refractivity contribution < 1.29 is 19.1 Å². The molecule has 24 heavy (non-hydrogen) atoms. The van der Waals surface area contributed by atoms with Gasteiger partial charge in [-0.25, -0.2) is 4.79 Å². The molecule has 1 aromatic rings. The van der Waals surface area contributed by atoms with Gasteiger partial charge in [0.05, 0.1) is 19.6 Å². The summed E-state index contributed by atoms with van der Waals surface area (Å²) in [6.45, 7) is 8.39. The molecule has 1 aromatic carbocycles. The number of carbonyl (C=O) groups is 2. The Morgan fingerprint density at radius 3 is 2.46 bits per heavy atom. The Kier molecular flexibility index (Phi) is 5.65. The summed E-state index contributed by atoms with van der Waals surface area (Å²) in [5.74, 6) is -0.562. The summed E-state index contributed by atoms with van der Waals surface area (Å²) in [5, 5.41) is 2.94. The van der Waals surface area contributed by atoms with E-state index in [0.29, 0.717) is 19.4 Å². The van der Waals surface area contributed by atoms with Crippen molar-refractivity contribution in [2.24, 2.45) is 0 Å². The Balaban J connectivity index is 2.18. The Morgan fingerprint density at radius 2 is 1.92 bits per heavy atom. The molecular weight excluding hydrogens is 306 g/mol. The van der Waals surface area contributed by atoms with Crippen LogP contribution in [0.5, 0.6) is 0 Å². The third kappa shape index (κ3) is 3.96. The van der Waals surface area contributed by atoms with Crippen molar-refractivity contribution in [3.05, 3.63) is 34.4 Å². The SMILES string of the molecule is COC(=O)C1(NC(=O)Cc2c(C)cc(C)cc2C)CCOC(C)C1. The van der Waals surface area contributed by atoms with Crippen molar-refractivity contribution in [2.75, 3.05) is 13.7 Å². The van der Waals surface area contributed by atoms with Crippen molar-refractivity contribution in [1.82, 2.24) is 5.32 Å². The lowest BCUT2D eigenvalue weighted by atomic mass is 9.86. The molecule has 1 saturated heterocycles. The van der Waals surface area contributed by atoms with E-state index >= 15 is 0 Å². The first kappa shape index (κ1) is 18.5. The van der Waals surface area contributed by atoms with Gasteiger partial charge in [0.2, 0.25) is 5.91 Å². The predicted molar refractivity (Wildman–Crippen MR) is 91.9 cm³/mol. The number of amides is 1. The molecule has 1 heterocycles. The number of rotatable bonds is 4. The number of ether oxygens (including phenoxy) is 2. The van der Waals surface area contributed by atoms with Crippen molar-refractivity contribution in [1.29, 1.82) is 0 Å². The maximum Gasteiger partial charge on any atom is 0.331 e. The monoisotopic (exact) mass is 333 g/mol. The fourth-order valence-electron chi connectivity index (χ4n) is 3.59. The van der Waals surface area contributed by atoms with Crippen LogP contribution in [0, 0.1) is 20.8 Å². The lowest BCUT2D eigenvalue weighted by molar-refractivity contribution is -0.157. The summed E-state index contributed by atoms with van der Waals surface area (Å²) >= 11 is 0. The van der Waals surface area contributed by atoms with Crippen LogP contribution in [0.2, 0.25) is 0 Å². The molecule has 5 heteroatoms. The number of hydrogen-bond acceptors (Lipinski definition) is 4. The highest BCUT2D eigenvalue weighted by Crippen LogP contribution is 2.27. The summed E-state index contributed by atoms with van der Waals surface area (Å²) in [7, 11) is 1.35. The van der Waals surface area contributed by atoms with E-state index < -0.39 is 11.5 Å². The number of aryl methyl sites for hydroxylation is 3. The van der Waals surface area contributed by atoms with E-state index in [1.54, 1.807) is 0 Å². The Labute approximate surface area is 143 Å². The van der Waals surface area contributed by atoms with E-state index in [2.05, 4.69) is 17.4 Å². The average molecular weight is 333 g/mol. The van der Waals surface area contributed by atoms with E-state index in [1.165, 1.54) is 12.7 Å². The molecule has 0 radical (unpaired) electrons. The maximum atomic E-state index is 12.6. The minimum Gasteiger partial charge on any atom is -0.467 e. The highest BCUT2D eigenvalue weighted by atomic mass is 16.5. The normalized spacial score (nSPS) is 23.6. The van der Waals surface area contributed by atoms with E-state index in [0.717, 1.165) is 16.7 Å². The molecule has 1 aliphatic rings. The Morgan fingerprint density at radius 1 is 1.29 bits per heavy atom. The molecule has 2 unspecified atom stereocenters. The van der Waals surface area contributed by atoms with Crippen LogP contribution < -0.4 is 5.32 Å². The van der Waals surface area contributed by atoms with Gasteiger partial charge < -0.3 is 14.8 Å². The minimum atomic E-state index is -0.990. The average Bonchev–Trinajstić information content (AvgIpc) is 2.50. The largest absolute Gasteiger partial charge is 0.467 e. The van der Waals surface area contributed by atoms with E-state index in [1.807, 2.05) is 27.7 Å². The van der Waals surface area contributed by atoms with Crippen LogP contribution >= 0.6 is 0 Å². The van der Waals surface area contributed by atoms with Gasteiger partial charge in [0.1, 0.15) is 5.54 Å². The molecule has 0 bridgehead atoms. The summed E-state index contributed by atoms with van der Waals surface area (Å²) < 4.78 is 10.5. The zero-order chi connectivity index (χ0) is 17.9. The number of benzene rings is 1. The zero-order valence-electron chi connectivity index (χ0n) is 15.2. The predicted octanol–water partition coefficient (Wildman–Crippen LogP) is 2.38. The molecule has 0 saturated carbocycles. The highest BCUT2D eigenvalue weighted by molar-refractivity contribution is 5.89. The molecule has 5 nitrogen and oxygen atoms in total. The maximum absolute atomic E-state index is 12.6. The second-order valence-corrected chi connectivity index (χ2v) is 6.81. The standard InChI is InChI=1S/C19H27NO4/c1-12-8-13(2)16(14(3)9-12)10-17(21)20-19(18(22)23-5)6-7-24-15(4)11-19/h8-9,15H,6-7,10-11H2,1-5H3,(H,20,21). The van der Waals surface area contributed by atoms with Gasteiger partial charge in [-0.15, -0.1) is 0 Å². The van der Waals surface area contributed by atoms with Gasteiger partial charge in [-0.05, 0) is 44.4 Å². The molecule has 0 spiro atoms. The molecule has 0 aromatic heterocycles. The molecule has 2 atom stereocenters. The fraction of sp³-hybridized carbons (Fsp3) is 0.579. The zero-order valence-corrected chi connectivity index (χ0v) is 15.2. The summed E-state index contributed by atoms with van der Waals surface area (Å²) in [4.78, 5) is 25.0. The number of carbonyl (C=O) groups excluding carboxylic acids is 2. The van der Waals surface area contributed by atoms with Crippen LogP contribution in [0.1, 0.15) is 42.0 Å². The van der Waals surface area contributed by atoms with Crippen molar-refractivity contribution in [2.45, 2.75) is 58.6 Å². The van der Waals surface area contributed by atoms with Crippen LogP contribution in [0.4, 0.5) is 0 Å². The van der Waals surface area contributed by atoms with Gasteiger partial charge in [-0.2, -0.15) is 0 Å². The van der Waals surface area contributed by atoms with Crippen LogP contribution in [-0.4, -0.2) is 37.2 Å². The molecule has 2 rings (SSSR count). The number of hydrogen-bond donors (Lipinski definition) is 1. The molecular formula is C19H27NO4. The van der Waals surface area contributed by atoms with Crippen LogP contribution in [-0.2, 0) is 25.5 Å². The summed E-state index contributed by atoms with van der Waals surface area (Å²) in [6, 6.07) is 4.14. The summed E-state index contributed by atoms with van der Waals surface area (Å²) in [5.41, 5.74) is 3.39. The number of esters is 1. The molecule has 1 amide bonds. The molecule has 1 fully saturated rings. The van der Waals surface area contributed by atoms with Crippen LogP contribution in [0.15, 0.2) is 12.1 Å². The Hall–Kier alpha value is -1.88. The number of nitrogens with one attached hydrogen (secondary N) is 1. The van der Waals surface area contributed by atoms with Gasteiger partial charge in [0.15, 0.2) is 0 Å². The van der Waals surface area contributed by atoms with Gasteiger partial charge in [-0.3, -0.25) is 4.79 Å². The second kappa shape index (κ2) is 7.34. The van der Waals surface area contributed by atoms with Crippen molar-refractivity contribution in [3.8, 4) is 0 Å². The topological polar surface area (TPSA) is 64.6 Å². The lowest BCUT2D eigenvalue weighted by Gasteiger charge is -2.38. The first-order chi connectivity index (χ1) is 11.3. The third-order valence-corrected chi connectivity index (χ3v) is 4.70. The van der Waals surface area contributed by atoms with Gasteiger partial charge in [0, 0.05) is 19.4 Å².